The summed E-state index contributed by atoms with van der Waals surface area (Å²) >= 11 is 0. The third kappa shape index (κ3) is 3.25. The van der Waals surface area contributed by atoms with E-state index in [2.05, 4.69) is 13.8 Å². The fourth-order valence-corrected chi connectivity index (χ4v) is 3.37. The fourth-order valence-electron chi connectivity index (χ4n) is 3.37. The highest BCUT2D eigenvalue weighted by Gasteiger charge is 2.35. The highest BCUT2D eigenvalue weighted by atomic mass is 16.2. The lowest BCUT2D eigenvalue weighted by atomic mass is 9.79. The van der Waals surface area contributed by atoms with Gasteiger partial charge in [0.1, 0.15) is 0 Å². The third-order valence-electron chi connectivity index (χ3n) is 4.91. The van der Waals surface area contributed by atoms with E-state index in [0.29, 0.717) is 5.91 Å². The Morgan fingerprint density at radius 2 is 1.94 bits per heavy atom. The predicted molar refractivity (Wildman–Crippen MR) is 74.1 cm³/mol. The number of likely N-dealkylation sites (tertiary alicyclic amines) is 1. The number of hydrogen-bond donors (Lipinski definition) is 1. The van der Waals surface area contributed by atoms with Gasteiger partial charge in [0, 0.05) is 25.6 Å². The van der Waals surface area contributed by atoms with Crippen molar-refractivity contribution < 1.29 is 4.79 Å². The molecular formula is C15H28N2O. The van der Waals surface area contributed by atoms with Gasteiger partial charge in [0.2, 0.25) is 5.91 Å². The monoisotopic (exact) mass is 252 g/mol. The molecule has 1 heterocycles. The van der Waals surface area contributed by atoms with Crippen molar-refractivity contribution in [2.75, 3.05) is 13.1 Å². The maximum absolute atomic E-state index is 12.2. The van der Waals surface area contributed by atoms with Gasteiger partial charge < -0.3 is 10.6 Å². The maximum Gasteiger partial charge on any atom is 0.222 e. The van der Waals surface area contributed by atoms with E-state index in [1.807, 2.05) is 4.90 Å². The Kier molecular flexibility index (Phi) is 4.31. The van der Waals surface area contributed by atoms with Crippen LogP contribution >= 0.6 is 0 Å². The molecule has 2 rings (SSSR count). The van der Waals surface area contributed by atoms with E-state index in [1.54, 1.807) is 0 Å². The first-order valence-electron chi connectivity index (χ1n) is 7.52. The summed E-state index contributed by atoms with van der Waals surface area (Å²) in [6, 6.07) is 0.233. The number of carbonyl (C=O) groups is 1. The SMILES string of the molecule is CC1(C)CN(C(=O)CCC2CCCC2)CCC1N. The van der Waals surface area contributed by atoms with Crippen molar-refractivity contribution in [1.29, 1.82) is 0 Å². The van der Waals surface area contributed by atoms with Crippen molar-refractivity contribution in [2.45, 2.75) is 64.8 Å². The molecule has 0 aromatic rings. The summed E-state index contributed by atoms with van der Waals surface area (Å²) in [4.78, 5) is 14.3. The topological polar surface area (TPSA) is 46.3 Å². The van der Waals surface area contributed by atoms with Crippen LogP contribution in [0.15, 0.2) is 0 Å². The Bertz CT molecular complexity index is 295. The Balaban J connectivity index is 1.78. The lowest BCUT2D eigenvalue weighted by Crippen LogP contribution is -2.54. The van der Waals surface area contributed by atoms with Crippen LogP contribution in [0.5, 0.6) is 0 Å². The van der Waals surface area contributed by atoms with Crippen LogP contribution in [0.2, 0.25) is 0 Å². The van der Waals surface area contributed by atoms with E-state index in [4.69, 9.17) is 5.73 Å². The van der Waals surface area contributed by atoms with Gasteiger partial charge in [-0.15, -0.1) is 0 Å². The molecule has 1 aliphatic carbocycles. The summed E-state index contributed by atoms with van der Waals surface area (Å²) in [5.41, 5.74) is 6.18. The zero-order chi connectivity index (χ0) is 13.2. The Morgan fingerprint density at radius 3 is 2.56 bits per heavy atom. The van der Waals surface area contributed by atoms with Crippen molar-refractivity contribution in [3.8, 4) is 0 Å². The van der Waals surface area contributed by atoms with Crippen LogP contribution in [-0.4, -0.2) is 29.9 Å². The number of nitrogens with zero attached hydrogens (tertiary/aromatic N) is 1. The number of hydrogen-bond acceptors (Lipinski definition) is 2. The molecule has 1 atom stereocenters. The van der Waals surface area contributed by atoms with Gasteiger partial charge in [0.05, 0.1) is 0 Å². The predicted octanol–water partition coefficient (Wildman–Crippen LogP) is 2.54. The van der Waals surface area contributed by atoms with E-state index < -0.39 is 0 Å². The molecule has 104 valence electrons. The molecule has 3 heteroatoms. The van der Waals surface area contributed by atoms with Crippen molar-refractivity contribution in [3.63, 3.8) is 0 Å². The molecule has 0 aromatic heterocycles. The number of carbonyl (C=O) groups excluding carboxylic acids is 1. The molecule has 0 bridgehead atoms. The van der Waals surface area contributed by atoms with Crippen LogP contribution in [-0.2, 0) is 4.79 Å². The van der Waals surface area contributed by atoms with Gasteiger partial charge in [-0.05, 0) is 24.2 Å². The van der Waals surface area contributed by atoms with Gasteiger partial charge in [-0.1, -0.05) is 39.5 Å². The quantitative estimate of drug-likeness (QED) is 0.839. The average Bonchev–Trinajstić information content (AvgIpc) is 2.82. The van der Waals surface area contributed by atoms with Crippen LogP contribution in [0, 0.1) is 11.3 Å². The van der Waals surface area contributed by atoms with E-state index in [1.165, 1.54) is 25.7 Å². The maximum atomic E-state index is 12.2. The Labute approximate surface area is 111 Å². The molecule has 2 aliphatic rings. The minimum atomic E-state index is 0.0707. The highest BCUT2D eigenvalue weighted by Crippen LogP contribution is 2.31. The molecule has 0 spiro atoms. The van der Waals surface area contributed by atoms with Crippen LogP contribution < -0.4 is 5.73 Å². The third-order valence-corrected chi connectivity index (χ3v) is 4.91. The van der Waals surface area contributed by atoms with E-state index in [9.17, 15) is 4.79 Å². The zero-order valence-corrected chi connectivity index (χ0v) is 12.0. The van der Waals surface area contributed by atoms with Gasteiger partial charge in [-0.25, -0.2) is 0 Å². The first kappa shape index (κ1) is 13.9. The minimum Gasteiger partial charge on any atom is -0.342 e. The summed E-state index contributed by atoms with van der Waals surface area (Å²) in [6.45, 7) is 6.04. The summed E-state index contributed by atoms with van der Waals surface area (Å²) in [6.07, 6.45) is 8.20. The van der Waals surface area contributed by atoms with Crippen molar-refractivity contribution in [1.82, 2.24) is 4.90 Å². The molecule has 3 nitrogen and oxygen atoms in total. The zero-order valence-electron chi connectivity index (χ0n) is 12.0. The van der Waals surface area contributed by atoms with Gasteiger partial charge in [-0.3, -0.25) is 4.79 Å². The first-order chi connectivity index (χ1) is 8.49. The van der Waals surface area contributed by atoms with Crippen LogP contribution in [0.25, 0.3) is 0 Å². The highest BCUT2D eigenvalue weighted by molar-refractivity contribution is 5.76. The number of nitrogens with two attached hydrogens (primary N) is 1. The molecule has 2 N–H and O–H groups in total. The van der Waals surface area contributed by atoms with Crippen LogP contribution in [0.1, 0.15) is 58.8 Å². The van der Waals surface area contributed by atoms with E-state index in [-0.39, 0.29) is 11.5 Å². The molecule has 1 saturated heterocycles. The Hall–Kier alpha value is -0.570. The van der Waals surface area contributed by atoms with Crippen LogP contribution in [0.3, 0.4) is 0 Å². The van der Waals surface area contributed by atoms with E-state index in [0.717, 1.165) is 38.3 Å². The molecule has 18 heavy (non-hydrogen) atoms. The largest absolute Gasteiger partial charge is 0.342 e. The minimum absolute atomic E-state index is 0.0707. The summed E-state index contributed by atoms with van der Waals surface area (Å²) in [5, 5.41) is 0. The Morgan fingerprint density at radius 1 is 1.28 bits per heavy atom. The lowest BCUT2D eigenvalue weighted by molar-refractivity contribution is -0.134. The van der Waals surface area contributed by atoms with Gasteiger partial charge >= 0.3 is 0 Å². The molecule has 1 aliphatic heterocycles. The smallest absolute Gasteiger partial charge is 0.222 e. The van der Waals surface area contributed by atoms with Gasteiger partial charge in [0.15, 0.2) is 0 Å². The van der Waals surface area contributed by atoms with Gasteiger partial charge in [-0.2, -0.15) is 0 Å². The van der Waals surface area contributed by atoms with Crippen molar-refractivity contribution in [2.24, 2.45) is 17.1 Å². The average molecular weight is 252 g/mol. The molecule has 2 fully saturated rings. The van der Waals surface area contributed by atoms with Crippen molar-refractivity contribution >= 4 is 5.91 Å². The lowest BCUT2D eigenvalue weighted by Gasteiger charge is -2.42. The number of rotatable bonds is 3. The number of amides is 1. The molecule has 0 radical (unpaired) electrons. The first-order valence-corrected chi connectivity index (χ1v) is 7.52. The molecule has 1 saturated carbocycles. The fraction of sp³-hybridized carbons (Fsp3) is 0.933. The van der Waals surface area contributed by atoms with Crippen molar-refractivity contribution in [3.05, 3.63) is 0 Å². The van der Waals surface area contributed by atoms with E-state index >= 15 is 0 Å². The summed E-state index contributed by atoms with van der Waals surface area (Å²) < 4.78 is 0. The summed E-state index contributed by atoms with van der Waals surface area (Å²) in [7, 11) is 0. The second kappa shape index (κ2) is 5.60. The second-order valence-electron chi connectivity index (χ2n) is 6.89. The standard InChI is InChI=1S/C15H28N2O/c1-15(2)11-17(10-9-13(15)16)14(18)8-7-12-5-3-4-6-12/h12-13H,3-11,16H2,1-2H3. The normalized spacial score (nSPS) is 28.6. The second-order valence-corrected chi connectivity index (χ2v) is 6.89. The number of piperidine rings is 1. The molecule has 1 unspecified atom stereocenters. The molecule has 1 amide bonds. The molecular weight excluding hydrogens is 224 g/mol. The molecule has 0 aromatic carbocycles. The van der Waals surface area contributed by atoms with Gasteiger partial charge in [0.25, 0.3) is 0 Å². The summed E-state index contributed by atoms with van der Waals surface area (Å²) in [5.74, 6) is 1.16. The van der Waals surface area contributed by atoms with Crippen LogP contribution in [0.4, 0.5) is 0 Å².